The maximum atomic E-state index is 12.5. The van der Waals surface area contributed by atoms with Crippen LogP contribution in [0.3, 0.4) is 0 Å². The molecule has 2 aromatic rings. The van der Waals surface area contributed by atoms with Gasteiger partial charge in [0, 0.05) is 31.1 Å². The standard InChI is InChI=1S/C19H19F3N2O6S/c20-19(21,22)30-14-4-2-13(3-5-14)24-18(25)8-9-23-31(26,27)15-6-7-16-17(12-15)29-11-1-10-28-16/h2-7,12,23H,1,8-11H2,(H,24,25). The lowest BCUT2D eigenvalue weighted by molar-refractivity contribution is -0.274. The van der Waals surface area contributed by atoms with Gasteiger partial charge in [0.1, 0.15) is 5.75 Å². The quantitative estimate of drug-likeness (QED) is 0.659. The van der Waals surface area contributed by atoms with Crippen molar-refractivity contribution in [2.45, 2.75) is 24.1 Å². The summed E-state index contributed by atoms with van der Waals surface area (Å²) in [4.78, 5) is 12.0. The van der Waals surface area contributed by atoms with Gasteiger partial charge in [-0.2, -0.15) is 0 Å². The number of halogens is 3. The molecule has 0 aromatic heterocycles. The monoisotopic (exact) mass is 460 g/mol. The number of alkyl halides is 3. The first-order valence-corrected chi connectivity index (χ1v) is 10.7. The van der Waals surface area contributed by atoms with Crippen molar-refractivity contribution >= 4 is 21.6 Å². The fourth-order valence-corrected chi connectivity index (χ4v) is 3.70. The fourth-order valence-electron chi connectivity index (χ4n) is 2.66. The van der Waals surface area contributed by atoms with E-state index in [0.717, 1.165) is 12.1 Å². The zero-order valence-electron chi connectivity index (χ0n) is 16.1. The number of sulfonamides is 1. The smallest absolute Gasteiger partial charge is 0.490 e. The second-order valence-corrected chi connectivity index (χ2v) is 8.19. The minimum atomic E-state index is -4.81. The number of carbonyl (C=O) groups excluding carboxylic acids is 1. The fraction of sp³-hybridized carbons (Fsp3) is 0.316. The summed E-state index contributed by atoms with van der Waals surface area (Å²) in [5.74, 6) is -0.155. The van der Waals surface area contributed by atoms with Crippen LogP contribution in [0.2, 0.25) is 0 Å². The molecule has 3 rings (SSSR count). The zero-order valence-corrected chi connectivity index (χ0v) is 16.9. The van der Waals surface area contributed by atoms with Gasteiger partial charge < -0.3 is 19.5 Å². The third-order valence-electron chi connectivity index (χ3n) is 4.05. The number of amides is 1. The van der Waals surface area contributed by atoms with Gasteiger partial charge in [0.2, 0.25) is 15.9 Å². The molecule has 0 saturated heterocycles. The Kier molecular flexibility index (Phi) is 6.91. The van der Waals surface area contributed by atoms with Gasteiger partial charge in [-0.3, -0.25) is 4.79 Å². The van der Waals surface area contributed by atoms with E-state index in [1.165, 1.54) is 30.3 Å². The molecule has 0 bridgehead atoms. The van der Waals surface area contributed by atoms with Crippen LogP contribution in [-0.4, -0.2) is 40.4 Å². The molecule has 2 N–H and O–H groups in total. The number of rotatable bonds is 7. The van der Waals surface area contributed by atoms with Gasteiger partial charge in [-0.25, -0.2) is 13.1 Å². The molecule has 1 aliphatic rings. The number of hydrogen-bond acceptors (Lipinski definition) is 6. The molecular weight excluding hydrogens is 441 g/mol. The molecule has 12 heteroatoms. The molecule has 31 heavy (non-hydrogen) atoms. The summed E-state index contributed by atoms with van der Waals surface area (Å²) < 4.78 is 78.3. The minimum absolute atomic E-state index is 0.0302. The summed E-state index contributed by atoms with van der Waals surface area (Å²) >= 11 is 0. The van der Waals surface area contributed by atoms with E-state index in [0.29, 0.717) is 31.1 Å². The highest BCUT2D eigenvalue weighted by Crippen LogP contribution is 2.31. The van der Waals surface area contributed by atoms with Gasteiger partial charge in [-0.15, -0.1) is 13.2 Å². The van der Waals surface area contributed by atoms with E-state index in [1.54, 1.807) is 0 Å². The second kappa shape index (κ2) is 9.43. The maximum absolute atomic E-state index is 12.5. The van der Waals surface area contributed by atoms with Crippen LogP contribution in [0.1, 0.15) is 12.8 Å². The number of benzene rings is 2. The highest BCUT2D eigenvalue weighted by Gasteiger charge is 2.31. The molecular formula is C19H19F3N2O6S. The average molecular weight is 460 g/mol. The highest BCUT2D eigenvalue weighted by atomic mass is 32.2. The van der Waals surface area contributed by atoms with E-state index in [1.807, 2.05) is 0 Å². The average Bonchev–Trinajstić information content (AvgIpc) is 2.93. The first-order valence-electron chi connectivity index (χ1n) is 9.17. The number of fused-ring (bicyclic) bond motifs is 1. The lowest BCUT2D eigenvalue weighted by Gasteiger charge is -2.11. The summed E-state index contributed by atoms with van der Waals surface area (Å²) in [6, 6.07) is 8.82. The summed E-state index contributed by atoms with van der Waals surface area (Å²) in [6.45, 7) is 0.704. The Hall–Kier alpha value is -2.99. The lowest BCUT2D eigenvalue weighted by atomic mass is 10.3. The Balaban J connectivity index is 1.51. The number of hydrogen-bond donors (Lipinski definition) is 2. The topological polar surface area (TPSA) is 103 Å². The first kappa shape index (κ1) is 22.7. The van der Waals surface area contributed by atoms with Crippen molar-refractivity contribution in [3.63, 3.8) is 0 Å². The van der Waals surface area contributed by atoms with Crippen molar-refractivity contribution in [3.8, 4) is 17.2 Å². The summed E-state index contributed by atoms with van der Waals surface area (Å²) in [5.41, 5.74) is 0.241. The van der Waals surface area contributed by atoms with Gasteiger partial charge in [-0.1, -0.05) is 0 Å². The van der Waals surface area contributed by atoms with Gasteiger partial charge in [-0.05, 0) is 36.4 Å². The molecule has 0 saturated carbocycles. The van der Waals surface area contributed by atoms with Crippen molar-refractivity contribution in [2.24, 2.45) is 0 Å². The van der Waals surface area contributed by atoms with E-state index in [2.05, 4.69) is 14.8 Å². The summed E-state index contributed by atoms with van der Waals surface area (Å²) in [5, 5.41) is 2.46. The normalized spacial score (nSPS) is 13.9. The molecule has 0 fully saturated rings. The number of ether oxygens (including phenoxy) is 3. The number of carbonyl (C=O) groups is 1. The van der Waals surface area contributed by atoms with E-state index >= 15 is 0 Å². The molecule has 1 amide bonds. The molecule has 168 valence electrons. The molecule has 1 heterocycles. The summed E-state index contributed by atoms with van der Waals surface area (Å²) in [7, 11) is -3.89. The largest absolute Gasteiger partial charge is 0.573 e. The third kappa shape index (κ3) is 6.76. The van der Waals surface area contributed by atoms with Crippen molar-refractivity contribution in [1.82, 2.24) is 4.72 Å². The van der Waals surface area contributed by atoms with Gasteiger partial charge in [0.15, 0.2) is 11.5 Å². The van der Waals surface area contributed by atoms with Gasteiger partial charge in [0.25, 0.3) is 0 Å². The van der Waals surface area contributed by atoms with Crippen molar-refractivity contribution in [3.05, 3.63) is 42.5 Å². The van der Waals surface area contributed by atoms with Crippen molar-refractivity contribution in [1.29, 1.82) is 0 Å². The second-order valence-electron chi connectivity index (χ2n) is 6.43. The molecule has 0 atom stereocenters. The van der Waals surface area contributed by atoms with Crippen LogP contribution < -0.4 is 24.2 Å². The Morgan fingerprint density at radius 3 is 2.39 bits per heavy atom. The van der Waals surface area contributed by atoms with Crippen molar-refractivity contribution in [2.75, 3.05) is 25.1 Å². The highest BCUT2D eigenvalue weighted by molar-refractivity contribution is 7.89. The molecule has 0 unspecified atom stereocenters. The Morgan fingerprint density at radius 2 is 1.71 bits per heavy atom. The minimum Gasteiger partial charge on any atom is -0.490 e. The Morgan fingerprint density at radius 1 is 1.03 bits per heavy atom. The van der Waals surface area contributed by atoms with Crippen LogP contribution in [0.5, 0.6) is 17.2 Å². The van der Waals surface area contributed by atoms with Crippen molar-refractivity contribution < 1.29 is 40.6 Å². The van der Waals surface area contributed by atoms with Crippen LogP contribution in [0, 0.1) is 0 Å². The van der Waals surface area contributed by atoms with Gasteiger partial charge >= 0.3 is 6.36 Å². The Labute approximate surface area is 176 Å². The molecule has 0 aliphatic carbocycles. The van der Waals surface area contributed by atoms with Crippen LogP contribution in [0.4, 0.5) is 18.9 Å². The molecule has 2 aromatic carbocycles. The van der Waals surface area contributed by atoms with E-state index in [9.17, 15) is 26.4 Å². The molecule has 0 spiro atoms. The SMILES string of the molecule is O=C(CCNS(=O)(=O)c1ccc2c(c1)OCCCO2)Nc1ccc(OC(F)(F)F)cc1. The van der Waals surface area contributed by atoms with Crippen LogP contribution >= 0.6 is 0 Å². The molecule has 1 aliphatic heterocycles. The van der Waals surface area contributed by atoms with Crippen LogP contribution in [0.15, 0.2) is 47.4 Å². The third-order valence-corrected chi connectivity index (χ3v) is 5.50. The van der Waals surface area contributed by atoms with E-state index in [-0.39, 0.29) is 23.5 Å². The summed E-state index contributed by atoms with van der Waals surface area (Å²) in [6.07, 6.45) is -4.31. The molecule has 0 radical (unpaired) electrons. The predicted molar refractivity (Wildman–Crippen MR) is 104 cm³/mol. The van der Waals surface area contributed by atoms with Crippen LogP contribution in [-0.2, 0) is 14.8 Å². The molecule has 8 nitrogen and oxygen atoms in total. The zero-order chi connectivity index (χ0) is 22.5. The van der Waals surface area contributed by atoms with E-state index < -0.39 is 28.0 Å². The number of nitrogens with one attached hydrogen (secondary N) is 2. The number of anilines is 1. The van der Waals surface area contributed by atoms with Gasteiger partial charge in [0.05, 0.1) is 18.1 Å². The lowest BCUT2D eigenvalue weighted by Crippen LogP contribution is -2.27. The predicted octanol–water partition coefficient (Wildman–Crippen LogP) is 3.05. The first-order chi connectivity index (χ1) is 14.6. The van der Waals surface area contributed by atoms with E-state index in [4.69, 9.17) is 9.47 Å². The Bertz CT molecular complexity index is 1030. The maximum Gasteiger partial charge on any atom is 0.573 e. The van der Waals surface area contributed by atoms with Crippen LogP contribution in [0.25, 0.3) is 0 Å².